The first-order valence-corrected chi connectivity index (χ1v) is 8.47. The standard InChI is InChI=1S/C16H15FN2O3S/c17-16-6-1-12(9-13(16)10-18)11-19-14-2-4-15(5-3-14)23(21,22)8-7-20/h1-6,9,19-20H,7-8,11H2. The van der Waals surface area contributed by atoms with Crippen molar-refractivity contribution in [2.45, 2.75) is 11.4 Å². The average Bonchev–Trinajstić information content (AvgIpc) is 2.54. The molecule has 120 valence electrons. The van der Waals surface area contributed by atoms with Gasteiger partial charge in [-0.2, -0.15) is 5.26 Å². The Labute approximate surface area is 133 Å². The molecule has 0 aliphatic carbocycles. The second-order valence-corrected chi connectivity index (χ2v) is 6.96. The first kappa shape index (κ1) is 16.9. The Morgan fingerprint density at radius 3 is 2.48 bits per heavy atom. The smallest absolute Gasteiger partial charge is 0.180 e. The first-order chi connectivity index (χ1) is 11.0. The number of anilines is 1. The van der Waals surface area contributed by atoms with Gasteiger partial charge >= 0.3 is 0 Å². The van der Waals surface area contributed by atoms with Gasteiger partial charge in [-0.25, -0.2) is 12.8 Å². The molecule has 5 nitrogen and oxygen atoms in total. The number of aliphatic hydroxyl groups is 1. The van der Waals surface area contributed by atoms with Crippen molar-refractivity contribution in [1.82, 2.24) is 0 Å². The zero-order valence-electron chi connectivity index (χ0n) is 12.2. The molecule has 7 heteroatoms. The van der Waals surface area contributed by atoms with E-state index in [9.17, 15) is 12.8 Å². The number of sulfone groups is 1. The van der Waals surface area contributed by atoms with Crippen molar-refractivity contribution in [2.75, 3.05) is 17.7 Å². The molecule has 0 saturated heterocycles. The van der Waals surface area contributed by atoms with E-state index in [0.717, 1.165) is 5.56 Å². The van der Waals surface area contributed by atoms with Gasteiger partial charge in [0.2, 0.25) is 0 Å². The summed E-state index contributed by atoms with van der Waals surface area (Å²) in [6, 6.07) is 12.2. The predicted octanol–water partition coefficient (Wildman–Crippen LogP) is 2.08. The van der Waals surface area contributed by atoms with Crippen molar-refractivity contribution in [3.05, 3.63) is 59.4 Å². The highest BCUT2D eigenvalue weighted by molar-refractivity contribution is 7.91. The molecular weight excluding hydrogens is 319 g/mol. The Hall–Kier alpha value is -2.43. The number of aliphatic hydroxyl groups excluding tert-OH is 1. The Kier molecular flexibility index (Phi) is 5.32. The molecule has 0 spiro atoms. The molecule has 0 saturated carbocycles. The van der Waals surface area contributed by atoms with Crippen LogP contribution in [-0.2, 0) is 16.4 Å². The highest BCUT2D eigenvalue weighted by Gasteiger charge is 2.13. The van der Waals surface area contributed by atoms with Crippen LogP contribution in [0, 0.1) is 17.1 Å². The van der Waals surface area contributed by atoms with Crippen molar-refractivity contribution < 1.29 is 17.9 Å². The number of benzene rings is 2. The van der Waals surface area contributed by atoms with Gasteiger partial charge in [0.15, 0.2) is 9.84 Å². The monoisotopic (exact) mass is 334 g/mol. The minimum Gasteiger partial charge on any atom is -0.395 e. The van der Waals surface area contributed by atoms with Gasteiger partial charge in [-0.1, -0.05) is 6.07 Å². The third kappa shape index (κ3) is 4.28. The third-order valence-electron chi connectivity index (χ3n) is 3.22. The summed E-state index contributed by atoms with van der Waals surface area (Å²) in [5, 5.41) is 20.6. The molecule has 0 unspecified atom stereocenters. The number of hydrogen-bond donors (Lipinski definition) is 2. The third-order valence-corrected chi connectivity index (χ3v) is 4.93. The van der Waals surface area contributed by atoms with Crippen molar-refractivity contribution in [1.29, 1.82) is 5.26 Å². The fourth-order valence-electron chi connectivity index (χ4n) is 1.99. The molecule has 0 fully saturated rings. The summed E-state index contributed by atoms with van der Waals surface area (Å²) in [6.07, 6.45) is 0. The quantitative estimate of drug-likeness (QED) is 0.844. The van der Waals surface area contributed by atoms with Crippen LogP contribution in [0.4, 0.5) is 10.1 Å². The van der Waals surface area contributed by atoms with Gasteiger partial charge in [0, 0.05) is 12.2 Å². The van der Waals surface area contributed by atoms with Crippen LogP contribution in [-0.4, -0.2) is 25.9 Å². The summed E-state index contributed by atoms with van der Waals surface area (Å²) in [7, 11) is -3.46. The Balaban J connectivity index is 2.06. The van der Waals surface area contributed by atoms with Gasteiger partial charge in [0.1, 0.15) is 11.9 Å². The fraction of sp³-hybridized carbons (Fsp3) is 0.188. The van der Waals surface area contributed by atoms with Gasteiger partial charge in [-0.05, 0) is 42.0 Å². The molecule has 0 aromatic heterocycles. The van der Waals surface area contributed by atoms with Crippen molar-refractivity contribution in [3.63, 3.8) is 0 Å². The lowest BCUT2D eigenvalue weighted by molar-refractivity contribution is 0.319. The Morgan fingerprint density at radius 2 is 1.87 bits per heavy atom. The Bertz CT molecular complexity index is 827. The van der Waals surface area contributed by atoms with Crippen LogP contribution < -0.4 is 5.32 Å². The summed E-state index contributed by atoms with van der Waals surface area (Å²) in [6.45, 7) is -0.0498. The molecule has 0 atom stereocenters. The van der Waals surface area contributed by atoms with Gasteiger partial charge in [-0.3, -0.25) is 0 Å². The van der Waals surface area contributed by atoms with Gasteiger partial charge < -0.3 is 10.4 Å². The molecule has 0 bridgehead atoms. The summed E-state index contributed by atoms with van der Waals surface area (Å²) < 4.78 is 36.8. The normalized spacial score (nSPS) is 11.0. The number of nitriles is 1. The number of halogens is 1. The first-order valence-electron chi connectivity index (χ1n) is 6.82. The van der Waals surface area contributed by atoms with Crippen LogP contribution in [0.25, 0.3) is 0 Å². The lowest BCUT2D eigenvalue weighted by Gasteiger charge is -2.08. The highest BCUT2D eigenvalue weighted by Crippen LogP contribution is 2.17. The van der Waals surface area contributed by atoms with Crippen LogP contribution >= 0.6 is 0 Å². The summed E-state index contributed by atoms with van der Waals surface area (Å²) >= 11 is 0. The van der Waals surface area contributed by atoms with Gasteiger partial charge in [-0.15, -0.1) is 0 Å². The molecule has 0 radical (unpaired) electrons. The maximum Gasteiger partial charge on any atom is 0.180 e. The maximum absolute atomic E-state index is 13.2. The van der Waals surface area contributed by atoms with Crippen molar-refractivity contribution >= 4 is 15.5 Å². The van der Waals surface area contributed by atoms with Crippen LogP contribution in [0.3, 0.4) is 0 Å². The molecule has 0 amide bonds. The van der Waals surface area contributed by atoms with Crippen LogP contribution in [0.2, 0.25) is 0 Å². The lowest BCUT2D eigenvalue weighted by atomic mass is 10.1. The fourth-order valence-corrected chi connectivity index (χ4v) is 3.02. The molecule has 2 N–H and O–H groups in total. The van der Waals surface area contributed by atoms with Crippen molar-refractivity contribution in [3.8, 4) is 6.07 Å². The highest BCUT2D eigenvalue weighted by atomic mass is 32.2. The molecule has 0 heterocycles. The van der Waals surface area contributed by atoms with Gasteiger partial charge in [0.05, 0.1) is 22.8 Å². The Morgan fingerprint density at radius 1 is 1.17 bits per heavy atom. The minimum absolute atomic E-state index is 0.0188. The molecular formula is C16H15FN2O3S. The number of nitrogens with zero attached hydrogens (tertiary/aromatic N) is 1. The average molecular weight is 334 g/mol. The molecule has 2 aromatic carbocycles. The van der Waals surface area contributed by atoms with E-state index in [1.165, 1.54) is 24.3 Å². The molecule has 23 heavy (non-hydrogen) atoms. The second-order valence-electron chi connectivity index (χ2n) is 4.85. The SMILES string of the molecule is N#Cc1cc(CNc2ccc(S(=O)(=O)CCO)cc2)ccc1F. The van der Waals surface area contributed by atoms with E-state index in [0.29, 0.717) is 12.2 Å². The second kappa shape index (κ2) is 7.22. The van der Waals surface area contributed by atoms with Crippen LogP contribution in [0.15, 0.2) is 47.4 Å². The predicted molar refractivity (Wildman–Crippen MR) is 84.0 cm³/mol. The van der Waals surface area contributed by atoms with E-state index in [4.69, 9.17) is 10.4 Å². The van der Waals surface area contributed by atoms with Crippen LogP contribution in [0.5, 0.6) is 0 Å². The molecule has 2 aromatic rings. The van der Waals surface area contributed by atoms with Gasteiger partial charge in [0.25, 0.3) is 0 Å². The number of nitrogens with one attached hydrogen (secondary N) is 1. The van der Waals surface area contributed by atoms with E-state index in [2.05, 4.69) is 5.32 Å². The molecule has 0 aliphatic heterocycles. The maximum atomic E-state index is 13.2. The minimum atomic E-state index is -3.46. The largest absolute Gasteiger partial charge is 0.395 e. The molecule has 2 rings (SSSR count). The summed E-state index contributed by atoms with van der Waals surface area (Å²) in [5.74, 6) is -0.874. The van der Waals surface area contributed by atoms with Crippen LogP contribution in [0.1, 0.15) is 11.1 Å². The van der Waals surface area contributed by atoms with E-state index >= 15 is 0 Å². The number of rotatable bonds is 6. The topological polar surface area (TPSA) is 90.2 Å². The van der Waals surface area contributed by atoms with Crippen molar-refractivity contribution in [2.24, 2.45) is 0 Å². The van der Waals surface area contributed by atoms with E-state index < -0.39 is 22.3 Å². The lowest BCUT2D eigenvalue weighted by Crippen LogP contribution is -2.10. The zero-order chi connectivity index (χ0) is 16.9. The summed E-state index contributed by atoms with van der Waals surface area (Å²) in [5.41, 5.74) is 1.41. The molecule has 0 aliphatic rings. The van der Waals surface area contributed by atoms with E-state index in [-0.39, 0.29) is 16.2 Å². The van der Waals surface area contributed by atoms with E-state index in [1.54, 1.807) is 24.3 Å². The number of hydrogen-bond acceptors (Lipinski definition) is 5. The van der Waals surface area contributed by atoms with E-state index in [1.807, 2.05) is 0 Å². The summed E-state index contributed by atoms with van der Waals surface area (Å²) in [4.78, 5) is 0.144. The zero-order valence-corrected chi connectivity index (χ0v) is 13.0.